The van der Waals surface area contributed by atoms with Crippen LogP contribution >= 0.6 is 0 Å². The van der Waals surface area contributed by atoms with Crippen molar-refractivity contribution in [2.45, 2.75) is 142 Å². The van der Waals surface area contributed by atoms with Gasteiger partial charge in [0.15, 0.2) is 0 Å². The minimum Gasteiger partial charge on any atom is -0.459 e. The molecule has 0 fully saturated rings. The van der Waals surface area contributed by atoms with Gasteiger partial charge in [-0.15, -0.1) is 0 Å². The highest BCUT2D eigenvalue weighted by molar-refractivity contribution is 5.81. The molecular weight excluding hydrogens is 332 g/mol. The van der Waals surface area contributed by atoms with Gasteiger partial charge in [0, 0.05) is 6.08 Å². The van der Waals surface area contributed by atoms with E-state index in [2.05, 4.69) is 20.4 Å². The molecule has 1 unspecified atom stereocenters. The number of esters is 1. The Morgan fingerprint density at radius 1 is 0.667 bits per heavy atom. The summed E-state index contributed by atoms with van der Waals surface area (Å²) in [5.41, 5.74) is 0. The third-order valence-corrected chi connectivity index (χ3v) is 5.46. The lowest BCUT2D eigenvalue weighted by Gasteiger charge is -2.17. The highest BCUT2D eigenvalue weighted by Gasteiger charge is 2.12. The van der Waals surface area contributed by atoms with Crippen LogP contribution in [-0.2, 0) is 9.53 Å². The summed E-state index contributed by atoms with van der Waals surface area (Å²) in [5.74, 6) is -0.259. The van der Waals surface area contributed by atoms with E-state index in [9.17, 15) is 4.79 Å². The minimum absolute atomic E-state index is 0.0973. The second-order valence-corrected chi connectivity index (χ2v) is 8.14. The number of hydrogen-bond acceptors (Lipinski definition) is 2. The smallest absolute Gasteiger partial charge is 0.330 e. The molecule has 0 amide bonds. The predicted molar refractivity (Wildman–Crippen MR) is 119 cm³/mol. The van der Waals surface area contributed by atoms with Crippen molar-refractivity contribution in [2.24, 2.45) is 0 Å². The van der Waals surface area contributed by atoms with Crippen LogP contribution in [0, 0.1) is 0 Å². The first-order chi connectivity index (χ1) is 13.2. The Morgan fingerprint density at radius 3 is 1.37 bits per heavy atom. The quantitative estimate of drug-likeness (QED) is 0.113. The van der Waals surface area contributed by atoms with Crippen molar-refractivity contribution in [2.75, 3.05) is 0 Å². The summed E-state index contributed by atoms with van der Waals surface area (Å²) in [6.07, 6.45) is 26.2. The SMILES string of the molecule is C=CC(=O)OC(CCCCCC)CCCCCCCCCCCCCCC. The second kappa shape index (κ2) is 21.5. The maximum absolute atomic E-state index is 11.5. The summed E-state index contributed by atoms with van der Waals surface area (Å²) in [5, 5.41) is 0. The zero-order chi connectivity index (χ0) is 20.0. The van der Waals surface area contributed by atoms with Crippen LogP contribution < -0.4 is 0 Å². The monoisotopic (exact) mass is 380 g/mol. The molecule has 0 saturated carbocycles. The lowest BCUT2D eigenvalue weighted by molar-refractivity contribution is -0.143. The van der Waals surface area contributed by atoms with Gasteiger partial charge in [-0.3, -0.25) is 0 Å². The lowest BCUT2D eigenvalue weighted by atomic mass is 10.0. The largest absolute Gasteiger partial charge is 0.459 e. The van der Waals surface area contributed by atoms with Crippen LogP contribution in [-0.4, -0.2) is 12.1 Å². The van der Waals surface area contributed by atoms with Gasteiger partial charge in [0.05, 0.1) is 0 Å². The van der Waals surface area contributed by atoms with Crippen LogP contribution in [0.1, 0.15) is 136 Å². The standard InChI is InChI=1S/C25H48O2/c1-4-7-9-11-12-13-14-15-16-17-18-19-21-23-24(27-25(26)6-3)22-20-10-8-5-2/h6,24H,3-5,7-23H2,1-2H3. The first-order valence-electron chi connectivity index (χ1n) is 12.1. The van der Waals surface area contributed by atoms with E-state index < -0.39 is 0 Å². The Labute approximate surface area is 170 Å². The number of carbonyl (C=O) groups excluding carboxylic acids is 1. The van der Waals surface area contributed by atoms with Gasteiger partial charge >= 0.3 is 5.97 Å². The van der Waals surface area contributed by atoms with Gasteiger partial charge in [-0.1, -0.05) is 117 Å². The average Bonchev–Trinajstić information content (AvgIpc) is 2.68. The van der Waals surface area contributed by atoms with Gasteiger partial charge in [-0.25, -0.2) is 4.79 Å². The molecule has 0 aromatic carbocycles. The molecule has 0 saturated heterocycles. The van der Waals surface area contributed by atoms with Crippen molar-refractivity contribution in [3.8, 4) is 0 Å². The molecule has 0 aliphatic rings. The van der Waals surface area contributed by atoms with E-state index in [0.717, 1.165) is 12.8 Å². The Balaban J connectivity index is 3.55. The summed E-state index contributed by atoms with van der Waals surface area (Å²) in [7, 11) is 0. The molecule has 0 N–H and O–H groups in total. The van der Waals surface area contributed by atoms with E-state index in [1.807, 2.05) is 0 Å². The van der Waals surface area contributed by atoms with Crippen LogP contribution in [0.15, 0.2) is 12.7 Å². The van der Waals surface area contributed by atoms with Gasteiger partial charge in [0.25, 0.3) is 0 Å². The van der Waals surface area contributed by atoms with Crippen molar-refractivity contribution in [1.82, 2.24) is 0 Å². The number of unbranched alkanes of at least 4 members (excludes halogenated alkanes) is 15. The van der Waals surface area contributed by atoms with E-state index >= 15 is 0 Å². The van der Waals surface area contributed by atoms with Crippen LogP contribution in [0.3, 0.4) is 0 Å². The van der Waals surface area contributed by atoms with Crippen molar-refractivity contribution in [1.29, 1.82) is 0 Å². The first kappa shape index (κ1) is 26.2. The molecule has 0 radical (unpaired) electrons. The molecule has 27 heavy (non-hydrogen) atoms. The Hall–Kier alpha value is -0.790. The topological polar surface area (TPSA) is 26.3 Å². The fourth-order valence-corrected chi connectivity index (χ4v) is 3.66. The van der Waals surface area contributed by atoms with Gasteiger partial charge in [0.1, 0.15) is 6.10 Å². The molecule has 0 heterocycles. The fraction of sp³-hybridized carbons (Fsp3) is 0.880. The predicted octanol–water partition coefficient (Wildman–Crippen LogP) is 8.54. The summed E-state index contributed by atoms with van der Waals surface area (Å²) in [6.45, 7) is 8.02. The normalized spacial score (nSPS) is 12.1. The molecule has 0 aromatic rings. The summed E-state index contributed by atoms with van der Waals surface area (Å²) in [4.78, 5) is 11.5. The van der Waals surface area contributed by atoms with Gasteiger partial charge in [-0.2, -0.15) is 0 Å². The lowest BCUT2D eigenvalue weighted by Crippen LogP contribution is -2.16. The molecule has 0 spiro atoms. The maximum Gasteiger partial charge on any atom is 0.330 e. The number of ether oxygens (including phenoxy) is 1. The van der Waals surface area contributed by atoms with Crippen molar-refractivity contribution in [3.63, 3.8) is 0 Å². The summed E-state index contributed by atoms with van der Waals surface area (Å²) < 4.78 is 5.53. The third-order valence-electron chi connectivity index (χ3n) is 5.46. The number of carbonyl (C=O) groups is 1. The van der Waals surface area contributed by atoms with Crippen molar-refractivity contribution >= 4 is 5.97 Å². The van der Waals surface area contributed by atoms with Crippen molar-refractivity contribution < 1.29 is 9.53 Å². The van der Waals surface area contributed by atoms with E-state index in [-0.39, 0.29) is 12.1 Å². The van der Waals surface area contributed by atoms with E-state index in [1.54, 1.807) is 0 Å². The Kier molecular flexibility index (Phi) is 20.9. The Bertz CT molecular complexity index is 324. The molecule has 0 aromatic heterocycles. The highest BCUT2D eigenvalue weighted by atomic mass is 16.5. The molecule has 0 bridgehead atoms. The molecule has 0 aliphatic carbocycles. The first-order valence-corrected chi connectivity index (χ1v) is 12.1. The van der Waals surface area contributed by atoms with Crippen LogP contribution in [0.25, 0.3) is 0 Å². The highest BCUT2D eigenvalue weighted by Crippen LogP contribution is 2.17. The summed E-state index contributed by atoms with van der Waals surface area (Å²) >= 11 is 0. The second-order valence-electron chi connectivity index (χ2n) is 8.14. The molecule has 0 rings (SSSR count). The van der Waals surface area contributed by atoms with E-state index in [1.165, 1.54) is 115 Å². The molecule has 2 nitrogen and oxygen atoms in total. The maximum atomic E-state index is 11.5. The molecule has 160 valence electrons. The summed E-state index contributed by atoms with van der Waals surface area (Å²) in [6, 6.07) is 0. The third kappa shape index (κ3) is 19.8. The zero-order valence-corrected chi connectivity index (χ0v) is 18.6. The van der Waals surface area contributed by atoms with E-state index in [0.29, 0.717) is 0 Å². The zero-order valence-electron chi connectivity index (χ0n) is 18.6. The van der Waals surface area contributed by atoms with Crippen molar-refractivity contribution in [3.05, 3.63) is 12.7 Å². The number of hydrogen-bond donors (Lipinski definition) is 0. The van der Waals surface area contributed by atoms with Gasteiger partial charge in [-0.05, 0) is 25.7 Å². The molecule has 0 aliphatic heterocycles. The minimum atomic E-state index is -0.259. The average molecular weight is 381 g/mol. The van der Waals surface area contributed by atoms with Gasteiger partial charge in [0.2, 0.25) is 0 Å². The fourth-order valence-electron chi connectivity index (χ4n) is 3.66. The van der Waals surface area contributed by atoms with Crippen LogP contribution in [0.2, 0.25) is 0 Å². The number of rotatable bonds is 21. The van der Waals surface area contributed by atoms with Gasteiger partial charge < -0.3 is 4.74 Å². The molecule has 1 atom stereocenters. The van der Waals surface area contributed by atoms with Crippen LogP contribution in [0.4, 0.5) is 0 Å². The Morgan fingerprint density at radius 2 is 1.00 bits per heavy atom. The molecule has 2 heteroatoms. The van der Waals surface area contributed by atoms with Crippen LogP contribution in [0.5, 0.6) is 0 Å². The van der Waals surface area contributed by atoms with E-state index in [4.69, 9.17) is 4.74 Å². The molecular formula is C25H48O2.